The SMILES string of the molecule is CN(C)CCn1ncc(Cl)c1C(C)(O)c1ccccc1Br. The van der Waals surface area contributed by atoms with E-state index in [1.54, 1.807) is 17.8 Å². The number of aromatic nitrogens is 2. The molecule has 0 radical (unpaired) electrons. The van der Waals surface area contributed by atoms with E-state index < -0.39 is 5.60 Å². The molecule has 1 heterocycles. The van der Waals surface area contributed by atoms with Gasteiger partial charge < -0.3 is 10.0 Å². The average Bonchev–Trinajstić information content (AvgIpc) is 2.78. The quantitative estimate of drug-likeness (QED) is 0.877. The maximum atomic E-state index is 11.1. The maximum Gasteiger partial charge on any atom is 0.131 e. The highest BCUT2D eigenvalue weighted by Crippen LogP contribution is 2.37. The fourth-order valence-electron chi connectivity index (χ4n) is 2.29. The molecule has 1 N–H and O–H groups in total. The van der Waals surface area contributed by atoms with Gasteiger partial charge in [-0.05, 0) is 27.1 Å². The number of likely N-dealkylation sites (N-methyl/N-ethyl adjacent to an activating group) is 1. The molecule has 21 heavy (non-hydrogen) atoms. The molecule has 114 valence electrons. The van der Waals surface area contributed by atoms with Crippen molar-refractivity contribution < 1.29 is 5.11 Å². The normalized spacial score (nSPS) is 14.4. The Balaban J connectivity index is 2.45. The van der Waals surface area contributed by atoms with Gasteiger partial charge in [-0.25, -0.2) is 0 Å². The van der Waals surface area contributed by atoms with Crippen LogP contribution in [-0.2, 0) is 12.1 Å². The van der Waals surface area contributed by atoms with Crippen LogP contribution in [0.4, 0.5) is 0 Å². The summed E-state index contributed by atoms with van der Waals surface area (Å²) in [5.41, 5.74) is 0.149. The highest BCUT2D eigenvalue weighted by Gasteiger charge is 2.33. The summed E-state index contributed by atoms with van der Waals surface area (Å²) in [7, 11) is 3.99. The van der Waals surface area contributed by atoms with Crippen molar-refractivity contribution in [3.8, 4) is 0 Å². The van der Waals surface area contributed by atoms with Gasteiger partial charge in [0, 0.05) is 16.6 Å². The fraction of sp³-hybridized carbons (Fsp3) is 0.400. The summed E-state index contributed by atoms with van der Waals surface area (Å²) in [5.74, 6) is 0. The summed E-state index contributed by atoms with van der Waals surface area (Å²) < 4.78 is 2.60. The molecule has 0 aliphatic carbocycles. The van der Waals surface area contributed by atoms with E-state index in [9.17, 15) is 5.11 Å². The summed E-state index contributed by atoms with van der Waals surface area (Å²) in [6.07, 6.45) is 1.58. The Morgan fingerprint density at radius 1 is 1.38 bits per heavy atom. The Hall–Kier alpha value is -0.880. The van der Waals surface area contributed by atoms with Gasteiger partial charge in [0.2, 0.25) is 0 Å². The van der Waals surface area contributed by atoms with E-state index in [1.807, 2.05) is 38.4 Å². The first-order valence-electron chi connectivity index (χ1n) is 6.68. The summed E-state index contributed by atoms with van der Waals surface area (Å²) in [5, 5.41) is 15.8. The van der Waals surface area contributed by atoms with E-state index in [-0.39, 0.29) is 0 Å². The second-order valence-electron chi connectivity index (χ2n) is 5.42. The lowest BCUT2D eigenvalue weighted by molar-refractivity contribution is 0.0902. The molecule has 0 fully saturated rings. The van der Waals surface area contributed by atoms with Gasteiger partial charge in [0.25, 0.3) is 0 Å². The smallest absolute Gasteiger partial charge is 0.131 e. The van der Waals surface area contributed by atoms with Gasteiger partial charge in [0.05, 0.1) is 23.5 Å². The largest absolute Gasteiger partial charge is 0.379 e. The number of nitrogens with zero attached hydrogens (tertiary/aromatic N) is 3. The number of benzene rings is 1. The molecule has 0 bridgehead atoms. The first kappa shape index (κ1) is 16.5. The van der Waals surface area contributed by atoms with Crippen molar-refractivity contribution in [1.29, 1.82) is 0 Å². The predicted octanol–water partition coefficient (Wildman–Crippen LogP) is 3.12. The number of hydrogen-bond donors (Lipinski definition) is 1. The van der Waals surface area contributed by atoms with Gasteiger partial charge in [0.1, 0.15) is 5.60 Å². The summed E-state index contributed by atoms with van der Waals surface area (Å²) in [4.78, 5) is 2.06. The van der Waals surface area contributed by atoms with Crippen LogP contribution >= 0.6 is 27.5 Å². The molecule has 6 heteroatoms. The van der Waals surface area contributed by atoms with Crippen LogP contribution in [0, 0.1) is 0 Å². The minimum atomic E-state index is -1.22. The Morgan fingerprint density at radius 3 is 2.67 bits per heavy atom. The van der Waals surface area contributed by atoms with Crippen LogP contribution in [0.2, 0.25) is 5.02 Å². The lowest BCUT2D eigenvalue weighted by atomic mass is 9.92. The second kappa shape index (κ2) is 6.48. The maximum absolute atomic E-state index is 11.1. The third-order valence-electron chi connectivity index (χ3n) is 3.41. The van der Waals surface area contributed by atoms with Gasteiger partial charge >= 0.3 is 0 Å². The van der Waals surface area contributed by atoms with E-state index in [4.69, 9.17) is 11.6 Å². The molecule has 2 aromatic rings. The van der Waals surface area contributed by atoms with E-state index >= 15 is 0 Å². The molecule has 1 unspecified atom stereocenters. The van der Waals surface area contributed by atoms with Crippen LogP contribution < -0.4 is 0 Å². The fourth-order valence-corrected chi connectivity index (χ4v) is 3.29. The van der Waals surface area contributed by atoms with Crippen molar-refractivity contribution in [3.63, 3.8) is 0 Å². The molecular formula is C15H19BrClN3O. The molecule has 0 amide bonds. The van der Waals surface area contributed by atoms with E-state index in [0.29, 0.717) is 17.3 Å². The van der Waals surface area contributed by atoms with Gasteiger partial charge in [0.15, 0.2) is 0 Å². The minimum absolute atomic E-state index is 0.467. The molecule has 4 nitrogen and oxygen atoms in total. The molecule has 1 aromatic heterocycles. The Bertz CT molecular complexity index is 625. The lowest BCUT2D eigenvalue weighted by Crippen LogP contribution is -2.30. The van der Waals surface area contributed by atoms with Crippen LogP contribution in [0.15, 0.2) is 34.9 Å². The van der Waals surface area contributed by atoms with Crippen LogP contribution in [-0.4, -0.2) is 40.4 Å². The molecule has 0 aliphatic heterocycles. The molecule has 0 spiro atoms. The Labute approximate surface area is 138 Å². The van der Waals surface area contributed by atoms with Crippen LogP contribution in [0.1, 0.15) is 18.2 Å². The molecule has 1 aromatic carbocycles. The van der Waals surface area contributed by atoms with Gasteiger partial charge in [-0.1, -0.05) is 45.7 Å². The van der Waals surface area contributed by atoms with Gasteiger partial charge in [-0.2, -0.15) is 5.10 Å². The van der Waals surface area contributed by atoms with Crippen molar-refractivity contribution >= 4 is 27.5 Å². The number of halogens is 2. The minimum Gasteiger partial charge on any atom is -0.379 e. The van der Waals surface area contributed by atoms with Crippen molar-refractivity contribution in [3.05, 3.63) is 51.2 Å². The second-order valence-corrected chi connectivity index (χ2v) is 6.68. The molecule has 2 rings (SSSR count). The monoisotopic (exact) mass is 371 g/mol. The third-order valence-corrected chi connectivity index (χ3v) is 4.38. The van der Waals surface area contributed by atoms with Gasteiger partial charge in [-0.3, -0.25) is 4.68 Å². The van der Waals surface area contributed by atoms with E-state index in [0.717, 1.165) is 16.6 Å². The van der Waals surface area contributed by atoms with Gasteiger partial charge in [-0.15, -0.1) is 0 Å². The first-order chi connectivity index (χ1) is 9.84. The third kappa shape index (κ3) is 3.48. The highest BCUT2D eigenvalue weighted by atomic mass is 79.9. The molecular weight excluding hydrogens is 354 g/mol. The van der Waals surface area contributed by atoms with Crippen molar-refractivity contribution in [2.24, 2.45) is 0 Å². The summed E-state index contributed by atoms with van der Waals surface area (Å²) >= 11 is 9.76. The summed E-state index contributed by atoms with van der Waals surface area (Å²) in [6, 6.07) is 7.58. The first-order valence-corrected chi connectivity index (χ1v) is 7.85. The zero-order chi connectivity index (χ0) is 15.6. The highest BCUT2D eigenvalue weighted by molar-refractivity contribution is 9.10. The average molecular weight is 373 g/mol. The molecule has 1 atom stereocenters. The Morgan fingerprint density at radius 2 is 2.05 bits per heavy atom. The predicted molar refractivity (Wildman–Crippen MR) is 88.6 cm³/mol. The van der Waals surface area contributed by atoms with E-state index in [1.165, 1.54) is 0 Å². The molecule has 0 saturated heterocycles. The Kier molecular flexibility index (Phi) is 5.09. The van der Waals surface area contributed by atoms with Crippen molar-refractivity contribution in [2.75, 3.05) is 20.6 Å². The van der Waals surface area contributed by atoms with Crippen LogP contribution in [0.5, 0.6) is 0 Å². The lowest BCUT2D eigenvalue weighted by Gasteiger charge is -2.27. The summed E-state index contributed by atoms with van der Waals surface area (Å²) in [6.45, 7) is 3.22. The number of aliphatic hydroxyl groups is 1. The van der Waals surface area contributed by atoms with Crippen LogP contribution in [0.3, 0.4) is 0 Å². The van der Waals surface area contributed by atoms with E-state index in [2.05, 4.69) is 25.9 Å². The number of hydrogen-bond acceptors (Lipinski definition) is 3. The van der Waals surface area contributed by atoms with Crippen LogP contribution in [0.25, 0.3) is 0 Å². The number of rotatable bonds is 5. The zero-order valence-electron chi connectivity index (χ0n) is 12.3. The molecule has 0 saturated carbocycles. The zero-order valence-corrected chi connectivity index (χ0v) is 14.7. The standard InChI is InChI=1S/C15H19BrClN3O/c1-15(21,11-6-4-5-7-12(11)16)14-13(17)10-18-20(14)9-8-19(2)3/h4-7,10,21H,8-9H2,1-3H3. The topological polar surface area (TPSA) is 41.3 Å². The van der Waals surface area contributed by atoms with Crippen molar-refractivity contribution in [1.82, 2.24) is 14.7 Å². The van der Waals surface area contributed by atoms with Crippen molar-refractivity contribution in [2.45, 2.75) is 19.1 Å². The molecule has 0 aliphatic rings.